The molecule has 1 fully saturated rings. The fourth-order valence-corrected chi connectivity index (χ4v) is 4.01. The monoisotopic (exact) mass is 406 g/mol. The lowest BCUT2D eigenvalue weighted by molar-refractivity contribution is 0.0741. The lowest BCUT2D eigenvalue weighted by atomic mass is 10.2. The Hall–Kier alpha value is -2.02. The van der Waals surface area contributed by atoms with E-state index in [0.29, 0.717) is 28.8 Å². The molecular formula is C18H16Cl2N4OS. The molecule has 5 nitrogen and oxygen atoms in total. The summed E-state index contributed by atoms with van der Waals surface area (Å²) in [5.41, 5.74) is 1.52. The van der Waals surface area contributed by atoms with Crippen LogP contribution in [0.2, 0.25) is 10.0 Å². The van der Waals surface area contributed by atoms with Crippen molar-refractivity contribution in [2.24, 2.45) is 0 Å². The Morgan fingerprint density at radius 3 is 2.46 bits per heavy atom. The molecule has 1 aromatic carbocycles. The minimum Gasteiger partial charge on any atom is -0.368 e. The highest BCUT2D eigenvalue weighted by molar-refractivity contribution is 7.12. The summed E-state index contributed by atoms with van der Waals surface area (Å²) in [5.74, 6) is -0.0200. The highest BCUT2D eigenvalue weighted by Gasteiger charge is 2.24. The number of rotatable bonds is 3. The second-order valence-electron chi connectivity index (χ2n) is 5.98. The van der Waals surface area contributed by atoms with Gasteiger partial charge in [-0.3, -0.25) is 4.79 Å². The van der Waals surface area contributed by atoms with Gasteiger partial charge in [-0.2, -0.15) is 0 Å². The molecule has 1 amide bonds. The van der Waals surface area contributed by atoms with E-state index in [9.17, 15) is 4.79 Å². The highest BCUT2D eigenvalue weighted by atomic mass is 35.5. The van der Waals surface area contributed by atoms with Crippen LogP contribution in [0.3, 0.4) is 0 Å². The number of hydrogen-bond acceptors (Lipinski definition) is 4. The van der Waals surface area contributed by atoms with E-state index in [2.05, 4.69) is 9.88 Å². The first kappa shape index (κ1) is 17.4. The van der Waals surface area contributed by atoms with Gasteiger partial charge in [-0.15, -0.1) is 11.3 Å². The Morgan fingerprint density at radius 1 is 1.04 bits per heavy atom. The van der Waals surface area contributed by atoms with Gasteiger partial charge in [0.15, 0.2) is 5.13 Å². The van der Waals surface area contributed by atoms with Crippen LogP contribution in [0.1, 0.15) is 10.5 Å². The van der Waals surface area contributed by atoms with Gasteiger partial charge in [-0.1, -0.05) is 23.2 Å². The average Bonchev–Trinajstić information content (AvgIpc) is 3.35. The molecule has 134 valence electrons. The van der Waals surface area contributed by atoms with Crippen LogP contribution in [0.5, 0.6) is 0 Å². The number of carbonyl (C=O) groups excluding carboxylic acids is 1. The third-order valence-corrected chi connectivity index (χ3v) is 5.96. The molecule has 0 N–H and O–H groups in total. The number of anilines is 1. The van der Waals surface area contributed by atoms with Crippen molar-refractivity contribution < 1.29 is 4.79 Å². The zero-order valence-corrected chi connectivity index (χ0v) is 16.1. The molecule has 0 spiro atoms. The molecule has 8 heteroatoms. The van der Waals surface area contributed by atoms with Crippen molar-refractivity contribution in [1.29, 1.82) is 0 Å². The van der Waals surface area contributed by atoms with Crippen LogP contribution in [0.15, 0.2) is 48.1 Å². The smallest absolute Gasteiger partial charge is 0.273 e. The highest BCUT2D eigenvalue weighted by Crippen LogP contribution is 2.28. The molecule has 1 aliphatic rings. The van der Waals surface area contributed by atoms with E-state index in [4.69, 9.17) is 23.2 Å². The molecule has 0 radical (unpaired) electrons. The summed E-state index contributed by atoms with van der Waals surface area (Å²) in [7, 11) is 0. The number of thiazole rings is 1. The largest absolute Gasteiger partial charge is 0.368 e. The number of hydrogen-bond donors (Lipinski definition) is 0. The van der Waals surface area contributed by atoms with Gasteiger partial charge in [-0.05, 0) is 30.3 Å². The van der Waals surface area contributed by atoms with E-state index in [1.807, 2.05) is 51.5 Å². The van der Waals surface area contributed by atoms with Crippen LogP contribution in [-0.2, 0) is 0 Å². The molecule has 4 rings (SSSR count). The summed E-state index contributed by atoms with van der Waals surface area (Å²) >= 11 is 13.6. The van der Waals surface area contributed by atoms with Crippen LogP contribution >= 0.6 is 34.5 Å². The van der Waals surface area contributed by atoms with Gasteiger partial charge in [0.25, 0.3) is 5.91 Å². The quantitative estimate of drug-likeness (QED) is 0.654. The van der Waals surface area contributed by atoms with Gasteiger partial charge < -0.3 is 14.4 Å². The van der Waals surface area contributed by atoms with Gasteiger partial charge in [0.1, 0.15) is 5.69 Å². The Kier molecular flexibility index (Phi) is 4.89. The maximum atomic E-state index is 12.7. The van der Waals surface area contributed by atoms with Gasteiger partial charge >= 0.3 is 0 Å². The van der Waals surface area contributed by atoms with Crippen molar-refractivity contribution in [3.8, 4) is 5.13 Å². The van der Waals surface area contributed by atoms with Crippen LogP contribution in [0.4, 0.5) is 5.69 Å². The maximum absolute atomic E-state index is 12.7. The average molecular weight is 407 g/mol. The Bertz CT molecular complexity index is 917. The topological polar surface area (TPSA) is 41.4 Å². The van der Waals surface area contributed by atoms with Crippen molar-refractivity contribution in [2.45, 2.75) is 0 Å². The molecule has 3 heterocycles. The van der Waals surface area contributed by atoms with Crippen LogP contribution in [0.25, 0.3) is 5.13 Å². The van der Waals surface area contributed by atoms with Crippen molar-refractivity contribution in [3.05, 3.63) is 63.8 Å². The number of carbonyl (C=O) groups is 1. The molecule has 26 heavy (non-hydrogen) atoms. The summed E-state index contributed by atoms with van der Waals surface area (Å²) < 4.78 is 1.91. The Balaban J connectivity index is 1.41. The normalized spacial score (nSPS) is 14.7. The molecule has 3 aromatic rings. The third-order valence-electron chi connectivity index (χ3n) is 4.37. The molecule has 0 atom stereocenters. The number of benzene rings is 1. The number of nitrogens with zero attached hydrogens (tertiary/aromatic N) is 4. The molecule has 0 saturated carbocycles. The summed E-state index contributed by atoms with van der Waals surface area (Å²) in [4.78, 5) is 21.3. The first-order chi connectivity index (χ1) is 12.6. The molecule has 1 aliphatic heterocycles. The van der Waals surface area contributed by atoms with Crippen molar-refractivity contribution in [1.82, 2.24) is 14.5 Å². The molecule has 0 unspecified atom stereocenters. The maximum Gasteiger partial charge on any atom is 0.273 e. The van der Waals surface area contributed by atoms with Gasteiger partial charge in [0, 0.05) is 49.6 Å². The van der Waals surface area contributed by atoms with Gasteiger partial charge in [-0.25, -0.2) is 4.98 Å². The molecule has 0 bridgehead atoms. The van der Waals surface area contributed by atoms with E-state index in [-0.39, 0.29) is 5.91 Å². The summed E-state index contributed by atoms with van der Waals surface area (Å²) in [6.45, 7) is 2.79. The minimum atomic E-state index is -0.0200. The first-order valence-electron chi connectivity index (χ1n) is 8.20. The summed E-state index contributed by atoms with van der Waals surface area (Å²) in [6, 6.07) is 9.49. The van der Waals surface area contributed by atoms with Crippen LogP contribution in [0, 0.1) is 0 Å². The van der Waals surface area contributed by atoms with E-state index in [1.54, 1.807) is 6.07 Å². The lowest BCUT2D eigenvalue weighted by Crippen LogP contribution is -2.48. The Morgan fingerprint density at radius 2 is 1.77 bits per heavy atom. The van der Waals surface area contributed by atoms with E-state index < -0.39 is 0 Å². The van der Waals surface area contributed by atoms with Gasteiger partial charge in [0.2, 0.25) is 0 Å². The van der Waals surface area contributed by atoms with Crippen molar-refractivity contribution in [3.63, 3.8) is 0 Å². The molecular weight excluding hydrogens is 391 g/mol. The second-order valence-corrected chi connectivity index (χ2v) is 7.63. The standard InChI is InChI=1S/C18H16Cl2N4OS/c19-14-4-3-13(11-15(14)20)22-7-9-23(10-8-22)17(25)16-12-26-18(21-16)24-5-1-2-6-24/h1-6,11-12H,7-10H2. The molecule has 1 saturated heterocycles. The van der Waals surface area contributed by atoms with Crippen molar-refractivity contribution in [2.75, 3.05) is 31.1 Å². The van der Waals surface area contributed by atoms with E-state index in [0.717, 1.165) is 23.9 Å². The molecule has 0 aliphatic carbocycles. The second kappa shape index (κ2) is 7.31. The van der Waals surface area contributed by atoms with Gasteiger partial charge in [0.05, 0.1) is 10.0 Å². The summed E-state index contributed by atoms with van der Waals surface area (Å²) in [5, 5.41) is 3.71. The number of amides is 1. The van der Waals surface area contributed by atoms with E-state index >= 15 is 0 Å². The SMILES string of the molecule is O=C(c1csc(-n2cccc2)n1)N1CCN(c2ccc(Cl)c(Cl)c2)CC1. The number of piperazine rings is 1. The van der Waals surface area contributed by atoms with Crippen molar-refractivity contribution >= 4 is 46.1 Å². The summed E-state index contributed by atoms with van der Waals surface area (Å²) in [6.07, 6.45) is 3.84. The molecule has 2 aromatic heterocycles. The first-order valence-corrected chi connectivity index (χ1v) is 9.83. The zero-order chi connectivity index (χ0) is 18.1. The zero-order valence-electron chi connectivity index (χ0n) is 13.8. The lowest BCUT2D eigenvalue weighted by Gasteiger charge is -2.36. The fourth-order valence-electron chi connectivity index (χ4n) is 2.95. The van der Waals surface area contributed by atoms with Crippen LogP contribution < -0.4 is 4.90 Å². The fraction of sp³-hybridized carbons (Fsp3) is 0.222. The van der Waals surface area contributed by atoms with E-state index in [1.165, 1.54) is 11.3 Å². The Labute approximate surface area is 165 Å². The minimum absolute atomic E-state index is 0.0200. The van der Waals surface area contributed by atoms with Crippen LogP contribution in [-0.4, -0.2) is 46.5 Å². The predicted octanol–water partition coefficient (Wildman–Crippen LogP) is 4.20. The number of aromatic nitrogens is 2. The number of halogens is 2. The predicted molar refractivity (Wildman–Crippen MR) is 106 cm³/mol. The third kappa shape index (κ3) is 3.45.